The Labute approximate surface area is 159 Å². The molecule has 0 amide bonds. The van der Waals surface area contributed by atoms with Crippen LogP contribution in [0.5, 0.6) is 23.0 Å². The van der Waals surface area contributed by atoms with Crippen molar-refractivity contribution >= 4 is 11.8 Å². The van der Waals surface area contributed by atoms with Crippen molar-refractivity contribution in [1.29, 1.82) is 0 Å². The second-order valence-corrected chi connectivity index (χ2v) is 6.76. The zero-order chi connectivity index (χ0) is 19.3. The Balaban J connectivity index is 1.43. The van der Waals surface area contributed by atoms with E-state index in [1.807, 2.05) is 0 Å². The molecule has 1 saturated heterocycles. The predicted molar refractivity (Wildman–Crippen MR) is 92.4 cm³/mol. The minimum atomic E-state index is -1.11. The Morgan fingerprint density at radius 3 is 2.29 bits per heavy atom. The third-order valence-corrected chi connectivity index (χ3v) is 5.18. The predicted octanol–water partition coefficient (Wildman–Crippen LogP) is 1.85. The fourth-order valence-electron chi connectivity index (χ4n) is 3.69. The molecule has 144 valence electrons. The topological polar surface area (TPSA) is 101 Å². The molecule has 1 N–H and O–H groups in total. The van der Waals surface area contributed by atoms with E-state index in [4.69, 9.17) is 23.7 Å². The van der Waals surface area contributed by atoms with Crippen molar-refractivity contribution in [3.05, 3.63) is 47.5 Å². The Hall–Kier alpha value is -3.26. The largest absolute Gasteiger partial charge is 0.465 e. The number of esters is 1. The smallest absolute Gasteiger partial charge is 0.317 e. The Bertz CT molecular complexity index is 969. The SMILES string of the molecule is O=C1OC[C@@H]([C@H](O)c2ccc3c(c2)OCO3)[C@H]1C(=O)c1ccc2c(c1)OCO2. The van der Waals surface area contributed by atoms with Gasteiger partial charge in [0.05, 0.1) is 12.7 Å². The molecular formula is C20H16O8. The molecule has 2 aromatic carbocycles. The van der Waals surface area contributed by atoms with Crippen LogP contribution in [0, 0.1) is 11.8 Å². The molecule has 3 aliphatic rings. The van der Waals surface area contributed by atoms with Crippen LogP contribution in [-0.2, 0) is 9.53 Å². The zero-order valence-corrected chi connectivity index (χ0v) is 14.6. The molecule has 5 rings (SSSR count). The van der Waals surface area contributed by atoms with E-state index >= 15 is 0 Å². The summed E-state index contributed by atoms with van der Waals surface area (Å²) in [4.78, 5) is 25.3. The van der Waals surface area contributed by atoms with Gasteiger partial charge in [0, 0.05) is 11.5 Å². The number of rotatable bonds is 4. The molecular weight excluding hydrogens is 368 g/mol. The monoisotopic (exact) mass is 384 g/mol. The number of fused-ring (bicyclic) bond motifs is 2. The highest BCUT2D eigenvalue weighted by atomic mass is 16.7. The van der Waals surface area contributed by atoms with Crippen LogP contribution >= 0.6 is 0 Å². The molecule has 3 aliphatic heterocycles. The van der Waals surface area contributed by atoms with Crippen LogP contribution in [0.15, 0.2) is 36.4 Å². The standard InChI is InChI=1S/C20H16O8/c21-18(10-1-3-13-15(5-10)27-8-25-13)12-7-24-20(23)17(12)19(22)11-2-4-14-16(6-11)28-9-26-14/h1-6,12,17-18,21H,7-9H2/t12-,17+,18-/m1/s1. The molecule has 0 unspecified atom stereocenters. The highest BCUT2D eigenvalue weighted by molar-refractivity contribution is 6.10. The molecule has 28 heavy (non-hydrogen) atoms. The van der Waals surface area contributed by atoms with Gasteiger partial charge in [0.1, 0.15) is 5.92 Å². The highest BCUT2D eigenvalue weighted by Crippen LogP contribution is 2.41. The summed E-state index contributed by atoms with van der Waals surface area (Å²) in [5.74, 6) is -0.805. The molecule has 0 radical (unpaired) electrons. The summed E-state index contributed by atoms with van der Waals surface area (Å²) in [5, 5.41) is 10.9. The number of Topliss-reactive ketones (excluding diaryl/α,β-unsaturated/α-hetero) is 1. The molecule has 0 aliphatic carbocycles. The third kappa shape index (κ3) is 2.65. The second-order valence-electron chi connectivity index (χ2n) is 6.76. The summed E-state index contributed by atoms with van der Waals surface area (Å²) in [6, 6.07) is 9.76. The van der Waals surface area contributed by atoms with Crippen LogP contribution in [0.25, 0.3) is 0 Å². The number of ether oxygens (including phenoxy) is 5. The maximum atomic E-state index is 13.0. The van der Waals surface area contributed by atoms with Crippen molar-refractivity contribution in [2.24, 2.45) is 11.8 Å². The van der Waals surface area contributed by atoms with Gasteiger partial charge in [-0.15, -0.1) is 0 Å². The van der Waals surface area contributed by atoms with E-state index in [1.165, 1.54) is 0 Å². The second kappa shape index (κ2) is 6.42. The zero-order valence-electron chi connectivity index (χ0n) is 14.6. The van der Waals surface area contributed by atoms with E-state index in [0.29, 0.717) is 34.1 Å². The number of hydrogen-bond donors (Lipinski definition) is 1. The first-order valence-electron chi connectivity index (χ1n) is 8.80. The van der Waals surface area contributed by atoms with Crippen LogP contribution in [-0.4, -0.2) is 37.1 Å². The van der Waals surface area contributed by atoms with Gasteiger partial charge < -0.3 is 28.8 Å². The van der Waals surface area contributed by atoms with Crippen LogP contribution < -0.4 is 18.9 Å². The Morgan fingerprint density at radius 1 is 0.893 bits per heavy atom. The number of aliphatic hydroxyl groups is 1. The average molecular weight is 384 g/mol. The van der Waals surface area contributed by atoms with E-state index in [2.05, 4.69) is 0 Å². The molecule has 1 fully saturated rings. The number of cyclic esters (lactones) is 1. The number of benzene rings is 2. The van der Waals surface area contributed by atoms with Crippen LogP contribution in [0.1, 0.15) is 22.0 Å². The van der Waals surface area contributed by atoms with Crippen molar-refractivity contribution in [3.63, 3.8) is 0 Å². The summed E-state index contributed by atoms with van der Waals surface area (Å²) < 4.78 is 26.3. The van der Waals surface area contributed by atoms with Gasteiger partial charge in [0.15, 0.2) is 28.8 Å². The van der Waals surface area contributed by atoms with Crippen molar-refractivity contribution in [3.8, 4) is 23.0 Å². The summed E-state index contributed by atoms with van der Waals surface area (Å²) in [6.07, 6.45) is -1.08. The first kappa shape index (κ1) is 16.9. The number of hydrogen-bond acceptors (Lipinski definition) is 8. The van der Waals surface area contributed by atoms with E-state index < -0.39 is 29.7 Å². The van der Waals surface area contributed by atoms with Crippen molar-refractivity contribution in [2.75, 3.05) is 20.2 Å². The molecule has 3 atom stereocenters. The lowest BCUT2D eigenvalue weighted by Gasteiger charge is -2.21. The summed E-state index contributed by atoms with van der Waals surface area (Å²) in [7, 11) is 0. The minimum Gasteiger partial charge on any atom is -0.465 e. The number of carbonyl (C=O) groups is 2. The molecule has 0 saturated carbocycles. The van der Waals surface area contributed by atoms with Crippen LogP contribution in [0.3, 0.4) is 0 Å². The van der Waals surface area contributed by atoms with Gasteiger partial charge in [0.2, 0.25) is 13.6 Å². The molecule has 0 bridgehead atoms. The summed E-state index contributed by atoms with van der Waals surface area (Å²) >= 11 is 0. The van der Waals surface area contributed by atoms with Gasteiger partial charge in [-0.3, -0.25) is 9.59 Å². The fraction of sp³-hybridized carbons (Fsp3) is 0.300. The van der Waals surface area contributed by atoms with Gasteiger partial charge in [-0.25, -0.2) is 0 Å². The van der Waals surface area contributed by atoms with Crippen LogP contribution in [0.2, 0.25) is 0 Å². The molecule has 0 aromatic heterocycles. The number of carbonyl (C=O) groups excluding carboxylic acids is 2. The summed E-state index contributed by atoms with van der Waals surface area (Å²) in [5.41, 5.74) is 0.826. The normalized spacial score (nSPS) is 22.8. The average Bonchev–Trinajstić information content (AvgIpc) is 3.44. The number of aliphatic hydroxyl groups excluding tert-OH is 1. The van der Waals surface area contributed by atoms with Crippen LogP contribution in [0.4, 0.5) is 0 Å². The minimum absolute atomic E-state index is 0.0462. The maximum Gasteiger partial charge on any atom is 0.317 e. The van der Waals surface area contributed by atoms with E-state index in [-0.39, 0.29) is 20.2 Å². The first-order valence-corrected chi connectivity index (χ1v) is 8.80. The molecule has 2 aromatic rings. The van der Waals surface area contributed by atoms with Gasteiger partial charge in [-0.05, 0) is 35.9 Å². The Morgan fingerprint density at radius 2 is 1.54 bits per heavy atom. The van der Waals surface area contributed by atoms with Gasteiger partial charge in [0.25, 0.3) is 0 Å². The van der Waals surface area contributed by atoms with Gasteiger partial charge in [-0.1, -0.05) is 6.07 Å². The fourth-order valence-corrected chi connectivity index (χ4v) is 3.69. The first-order chi connectivity index (χ1) is 13.6. The molecule has 8 heteroatoms. The van der Waals surface area contributed by atoms with Gasteiger partial charge >= 0.3 is 5.97 Å². The lowest BCUT2D eigenvalue weighted by atomic mass is 9.82. The van der Waals surface area contributed by atoms with E-state index in [9.17, 15) is 14.7 Å². The van der Waals surface area contributed by atoms with Gasteiger partial charge in [-0.2, -0.15) is 0 Å². The maximum absolute atomic E-state index is 13.0. The molecule has 8 nitrogen and oxygen atoms in total. The lowest BCUT2D eigenvalue weighted by molar-refractivity contribution is -0.140. The number of ketones is 1. The van der Waals surface area contributed by atoms with E-state index in [1.54, 1.807) is 36.4 Å². The Kier molecular flexibility index (Phi) is 3.87. The summed E-state index contributed by atoms with van der Waals surface area (Å²) in [6.45, 7) is 0.157. The van der Waals surface area contributed by atoms with E-state index in [0.717, 1.165) is 0 Å². The van der Waals surface area contributed by atoms with Crippen molar-refractivity contribution in [1.82, 2.24) is 0 Å². The third-order valence-electron chi connectivity index (χ3n) is 5.18. The molecule has 0 spiro atoms. The molecule has 3 heterocycles. The van der Waals surface area contributed by atoms with Crippen molar-refractivity contribution in [2.45, 2.75) is 6.10 Å². The highest BCUT2D eigenvalue weighted by Gasteiger charge is 2.46. The lowest BCUT2D eigenvalue weighted by Crippen LogP contribution is -2.30. The quantitative estimate of drug-likeness (QED) is 0.484. The van der Waals surface area contributed by atoms with Crippen molar-refractivity contribution < 1.29 is 38.4 Å².